The van der Waals surface area contributed by atoms with Gasteiger partial charge in [-0.05, 0) is 34.9 Å². The average Bonchev–Trinajstić information content (AvgIpc) is 3.48. The van der Waals surface area contributed by atoms with Crippen molar-refractivity contribution in [2.75, 3.05) is 0 Å². The summed E-state index contributed by atoms with van der Waals surface area (Å²) < 4.78 is 6.32. The maximum absolute atomic E-state index is 13.3. The van der Waals surface area contributed by atoms with Gasteiger partial charge in [0.15, 0.2) is 0 Å². The zero-order chi connectivity index (χ0) is 22.4. The van der Waals surface area contributed by atoms with E-state index in [0.29, 0.717) is 18.1 Å². The molecule has 1 saturated heterocycles. The number of nitrogens with zero attached hydrogens (tertiary/aromatic N) is 4. The van der Waals surface area contributed by atoms with Gasteiger partial charge in [0.1, 0.15) is 12.6 Å². The van der Waals surface area contributed by atoms with E-state index in [1.807, 2.05) is 47.6 Å². The Bertz CT molecular complexity index is 1380. The molecule has 164 valence electrons. The van der Waals surface area contributed by atoms with Crippen LogP contribution < -0.4 is 5.43 Å². The number of aromatic nitrogens is 2. The Morgan fingerprint density at radius 1 is 1.03 bits per heavy atom. The number of hydrazine groups is 1. The minimum atomic E-state index is -0.287. The second kappa shape index (κ2) is 8.13. The fourth-order valence-corrected chi connectivity index (χ4v) is 5.00. The first-order chi connectivity index (χ1) is 16.2. The van der Waals surface area contributed by atoms with Gasteiger partial charge in [0, 0.05) is 22.4 Å². The van der Waals surface area contributed by atoms with E-state index in [9.17, 15) is 4.79 Å². The van der Waals surface area contributed by atoms with Gasteiger partial charge in [0.2, 0.25) is 11.7 Å². The molecule has 3 aromatic carbocycles. The number of fused-ring (bicyclic) bond motifs is 2. The molecule has 0 radical (unpaired) electrons. The van der Waals surface area contributed by atoms with Gasteiger partial charge in [-0.2, -0.15) is 4.98 Å². The largest absolute Gasteiger partial charge is 0.337 e. The van der Waals surface area contributed by atoms with Crippen LogP contribution in [0, 0.1) is 0 Å². The van der Waals surface area contributed by atoms with Crippen molar-refractivity contribution < 1.29 is 9.32 Å². The van der Waals surface area contributed by atoms with Gasteiger partial charge in [-0.3, -0.25) is 4.79 Å². The highest BCUT2D eigenvalue weighted by Gasteiger charge is 2.40. The minimum Gasteiger partial charge on any atom is -0.337 e. The van der Waals surface area contributed by atoms with Crippen LogP contribution in [0.5, 0.6) is 0 Å². The van der Waals surface area contributed by atoms with Crippen molar-refractivity contribution in [1.82, 2.24) is 25.5 Å². The highest BCUT2D eigenvalue weighted by Crippen LogP contribution is 2.34. The summed E-state index contributed by atoms with van der Waals surface area (Å²) in [6.45, 7) is 0.232. The van der Waals surface area contributed by atoms with Crippen molar-refractivity contribution in [2.24, 2.45) is 0 Å². The fraction of sp³-hybridized carbons (Fsp3) is 0.160. The van der Waals surface area contributed by atoms with E-state index in [4.69, 9.17) is 4.52 Å². The number of rotatable bonds is 4. The van der Waals surface area contributed by atoms with Crippen LogP contribution in [0.15, 0.2) is 88.1 Å². The molecule has 0 saturated carbocycles. The van der Waals surface area contributed by atoms with Crippen LogP contribution in [0.1, 0.15) is 23.9 Å². The van der Waals surface area contributed by atoms with Gasteiger partial charge < -0.3 is 14.4 Å². The third-order valence-electron chi connectivity index (χ3n) is 6.16. The molecule has 0 bridgehead atoms. The molecule has 6 rings (SSSR count). The number of hydrogen-bond acceptors (Lipinski definition) is 6. The van der Waals surface area contributed by atoms with E-state index in [2.05, 4.69) is 61.8 Å². The lowest BCUT2D eigenvalue weighted by Gasteiger charge is -2.30. The summed E-state index contributed by atoms with van der Waals surface area (Å²) in [4.78, 5) is 19.4. The molecule has 4 aromatic rings. The summed E-state index contributed by atoms with van der Waals surface area (Å²) in [5.41, 5.74) is 5.53. The lowest BCUT2D eigenvalue weighted by molar-refractivity contribution is -0.135. The van der Waals surface area contributed by atoms with E-state index in [1.165, 1.54) is 16.3 Å². The van der Waals surface area contributed by atoms with Crippen LogP contribution in [0.3, 0.4) is 0 Å². The minimum absolute atomic E-state index is 0.00776. The van der Waals surface area contributed by atoms with Crippen molar-refractivity contribution in [3.63, 3.8) is 0 Å². The summed E-state index contributed by atoms with van der Waals surface area (Å²) in [6.07, 6.45) is 4.35. The van der Waals surface area contributed by atoms with E-state index >= 15 is 0 Å². The first-order valence-corrected chi connectivity index (χ1v) is 11.5. The van der Waals surface area contributed by atoms with Gasteiger partial charge in [0.05, 0.1) is 6.04 Å². The van der Waals surface area contributed by atoms with Crippen molar-refractivity contribution in [2.45, 2.75) is 25.0 Å². The van der Waals surface area contributed by atoms with E-state index in [-0.39, 0.29) is 24.5 Å². The molecule has 2 aliphatic rings. The highest BCUT2D eigenvalue weighted by atomic mass is 79.9. The number of benzene rings is 3. The Morgan fingerprint density at radius 3 is 2.76 bits per heavy atom. The molecule has 2 aliphatic heterocycles. The van der Waals surface area contributed by atoms with Crippen molar-refractivity contribution in [3.05, 3.63) is 95.1 Å². The Labute approximate surface area is 198 Å². The number of nitrogens with one attached hydrogen (secondary N) is 1. The first-order valence-electron chi connectivity index (χ1n) is 10.8. The standard InChI is InChI=1S/C25H20BrN5O2/c26-20-11-4-3-9-19(20)24-27-23(33-29-24)15-30-12-13-31-22(25(30)32)14-21(28-31)18-10-5-7-16-6-1-2-8-17(16)18/h1-13,21-22,28H,14-15H2. The zero-order valence-corrected chi connectivity index (χ0v) is 19.1. The van der Waals surface area contributed by atoms with Crippen LogP contribution in [0.25, 0.3) is 22.2 Å². The average molecular weight is 502 g/mol. The van der Waals surface area contributed by atoms with Crippen LogP contribution in [0.4, 0.5) is 0 Å². The summed E-state index contributed by atoms with van der Waals surface area (Å²) in [6, 6.07) is 22.1. The van der Waals surface area contributed by atoms with Crippen molar-refractivity contribution >= 4 is 32.6 Å². The molecule has 7 nitrogen and oxygen atoms in total. The molecule has 1 aromatic heterocycles. The molecular formula is C25H20BrN5O2. The van der Waals surface area contributed by atoms with Gasteiger partial charge in [-0.25, -0.2) is 5.43 Å². The predicted molar refractivity (Wildman–Crippen MR) is 127 cm³/mol. The third-order valence-corrected chi connectivity index (χ3v) is 6.85. The fourth-order valence-electron chi connectivity index (χ4n) is 4.54. The summed E-state index contributed by atoms with van der Waals surface area (Å²) in [5, 5.41) is 8.39. The lowest BCUT2D eigenvalue weighted by atomic mass is 9.95. The molecular weight excluding hydrogens is 482 g/mol. The van der Waals surface area contributed by atoms with Crippen LogP contribution >= 0.6 is 15.9 Å². The molecule has 2 unspecified atom stereocenters. The maximum atomic E-state index is 13.3. The SMILES string of the molecule is O=C1C2CC(c3cccc4ccccc34)NN2C=CN1Cc1nc(-c2ccccc2Br)no1. The van der Waals surface area contributed by atoms with E-state index in [0.717, 1.165) is 10.0 Å². The molecule has 0 aliphatic carbocycles. The maximum Gasteiger partial charge on any atom is 0.251 e. The van der Waals surface area contributed by atoms with Gasteiger partial charge >= 0.3 is 0 Å². The Balaban J connectivity index is 1.20. The Kier molecular flexibility index (Phi) is 4.96. The molecule has 8 heteroatoms. The highest BCUT2D eigenvalue weighted by molar-refractivity contribution is 9.10. The van der Waals surface area contributed by atoms with Crippen LogP contribution in [0.2, 0.25) is 0 Å². The summed E-state index contributed by atoms with van der Waals surface area (Å²) in [5.74, 6) is 0.892. The second-order valence-electron chi connectivity index (χ2n) is 8.16. The molecule has 2 atom stereocenters. The van der Waals surface area contributed by atoms with Crippen molar-refractivity contribution in [1.29, 1.82) is 0 Å². The summed E-state index contributed by atoms with van der Waals surface area (Å²) in [7, 11) is 0. The topological polar surface area (TPSA) is 74.5 Å². The molecule has 33 heavy (non-hydrogen) atoms. The third kappa shape index (κ3) is 3.61. The molecule has 1 amide bonds. The van der Waals surface area contributed by atoms with Gasteiger partial charge in [-0.15, -0.1) is 0 Å². The van der Waals surface area contributed by atoms with Crippen LogP contribution in [-0.4, -0.2) is 32.0 Å². The Morgan fingerprint density at radius 2 is 1.85 bits per heavy atom. The van der Waals surface area contributed by atoms with E-state index in [1.54, 1.807) is 11.1 Å². The summed E-state index contributed by atoms with van der Waals surface area (Å²) >= 11 is 3.51. The molecule has 1 fully saturated rings. The van der Waals surface area contributed by atoms with E-state index < -0.39 is 0 Å². The quantitative estimate of drug-likeness (QED) is 0.433. The number of halogens is 1. The number of hydrogen-bond donors (Lipinski definition) is 1. The predicted octanol–water partition coefficient (Wildman–Crippen LogP) is 4.79. The smallest absolute Gasteiger partial charge is 0.251 e. The van der Waals surface area contributed by atoms with Crippen molar-refractivity contribution in [3.8, 4) is 11.4 Å². The normalized spacial score (nSPS) is 20.0. The number of carbonyl (C=O) groups excluding carboxylic acids is 1. The molecule has 1 N–H and O–H groups in total. The monoisotopic (exact) mass is 501 g/mol. The van der Waals surface area contributed by atoms with Gasteiger partial charge in [0.25, 0.3) is 5.91 Å². The number of amides is 1. The molecule has 0 spiro atoms. The number of carbonyl (C=O) groups is 1. The lowest BCUT2D eigenvalue weighted by Crippen LogP contribution is -2.47. The zero-order valence-electron chi connectivity index (χ0n) is 17.6. The molecule has 3 heterocycles. The van der Waals surface area contributed by atoms with Gasteiger partial charge in [-0.1, -0.05) is 75.7 Å². The Hall–Kier alpha value is -3.49. The van der Waals surface area contributed by atoms with Crippen LogP contribution in [-0.2, 0) is 11.3 Å². The second-order valence-corrected chi connectivity index (χ2v) is 9.02. The first kappa shape index (κ1) is 20.1.